The Bertz CT molecular complexity index is 672. The predicted octanol–water partition coefficient (Wildman–Crippen LogP) is 2.32. The molecule has 1 aromatic heterocycles. The van der Waals surface area contributed by atoms with E-state index in [2.05, 4.69) is 47.1 Å². The van der Waals surface area contributed by atoms with Gasteiger partial charge in [0.2, 0.25) is 5.91 Å². The molecule has 0 radical (unpaired) electrons. The molecule has 2 aromatic rings. The van der Waals surface area contributed by atoms with Crippen LogP contribution in [0.3, 0.4) is 0 Å². The second-order valence-corrected chi connectivity index (χ2v) is 6.51. The molecule has 0 saturated heterocycles. The highest BCUT2D eigenvalue weighted by Crippen LogP contribution is 2.26. The Kier molecular flexibility index (Phi) is 4.21. The molecular formula is C18H25N3O. The first-order chi connectivity index (χ1) is 10.6. The van der Waals surface area contributed by atoms with Crippen LogP contribution >= 0.6 is 0 Å². The quantitative estimate of drug-likeness (QED) is 0.889. The van der Waals surface area contributed by atoms with E-state index < -0.39 is 0 Å². The van der Waals surface area contributed by atoms with Crippen LogP contribution in [0.25, 0.3) is 10.9 Å². The standard InChI is InChI=1S/C18H25N3O/c1-13(21(3)15-8-9-15)11-19-18(22)10-14-12-20(2)17-7-5-4-6-16(14)17/h4-7,12-13,15H,8-11H2,1-3H3,(H,19,22)/t13-/m0/s1. The minimum atomic E-state index is 0.104. The highest BCUT2D eigenvalue weighted by Gasteiger charge is 2.29. The number of benzene rings is 1. The highest BCUT2D eigenvalue weighted by molar-refractivity contribution is 5.89. The summed E-state index contributed by atoms with van der Waals surface area (Å²) in [5.74, 6) is 0.104. The number of likely N-dealkylation sites (N-methyl/N-ethyl adjacent to an activating group) is 1. The third-order valence-corrected chi connectivity index (χ3v) is 4.74. The van der Waals surface area contributed by atoms with E-state index in [4.69, 9.17) is 0 Å². The summed E-state index contributed by atoms with van der Waals surface area (Å²) in [6, 6.07) is 9.34. The third kappa shape index (κ3) is 3.17. The van der Waals surface area contributed by atoms with E-state index in [1.54, 1.807) is 0 Å². The van der Waals surface area contributed by atoms with Gasteiger partial charge in [0, 0.05) is 42.8 Å². The molecule has 1 heterocycles. The predicted molar refractivity (Wildman–Crippen MR) is 89.9 cm³/mol. The molecule has 0 bridgehead atoms. The van der Waals surface area contributed by atoms with E-state index in [-0.39, 0.29) is 5.91 Å². The van der Waals surface area contributed by atoms with Crippen molar-refractivity contribution in [3.05, 3.63) is 36.0 Å². The molecule has 1 atom stereocenters. The largest absolute Gasteiger partial charge is 0.354 e. The molecule has 22 heavy (non-hydrogen) atoms. The number of rotatable bonds is 6. The summed E-state index contributed by atoms with van der Waals surface area (Å²) >= 11 is 0. The lowest BCUT2D eigenvalue weighted by atomic mass is 10.1. The molecule has 4 heteroatoms. The van der Waals surface area contributed by atoms with E-state index in [0.717, 1.165) is 18.2 Å². The van der Waals surface area contributed by atoms with Gasteiger partial charge in [0.1, 0.15) is 0 Å². The van der Waals surface area contributed by atoms with Crippen LogP contribution in [0.4, 0.5) is 0 Å². The smallest absolute Gasteiger partial charge is 0.224 e. The van der Waals surface area contributed by atoms with Crippen molar-refractivity contribution >= 4 is 16.8 Å². The maximum Gasteiger partial charge on any atom is 0.224 e. The highest BCUT2D eigenvalue weighted by atomic mass is 16.1. The molecule has 118 valence electrons. The summed E-state index contributed by atoms with van der Waals surface area (Å²) in [6.07, 6.45) is 5.10. The molecule has 1 fully saturated rings. The van der Waals surface area contributed by atoms with Gasteiger partial charge in [-0.3, -0.25) is 9.69 Å². The van der Waals surface area contributed by atoms with Crippen LogP contribution in [0.1, 0.15) is 25.3 Å². The number of nitrogens with zero attached hydrogens (tertiary/aromatic N) is 2. The van der Waals surface area contributed by atoms with Gasteiger partial charge in [-0.1, -0.05) is 18.2 Å². The average Bonchev–Trinajstić information content (AvgIpc) is 3.31. The number of aromatic nitrogens is 1. The number of amides is 1. The lowest BCUT2D eigenvalue weighted by Gasteiger charge is -2.24. The Labute approximate surface area is 132 Å². The van der Waals surface area contributed by atoms with Crippen LogP contribution in [0.2, 0.25) is 0 Å². The fourth-order valence-electron chi connectivity index (χ4n) is 3.05. The molecule has 1 saturated carbocycles. The Balaban J connectivity index is 1.59. The van der Waals surface area contributed by atoms with Crippen LogP contribution in [-0.2, 0) is 18.3 Å². The molecular weight excluding hydrogens is 274 g/mol. The van der Waals surface area contributed by atoms with Gasteiger partial charge >= 0.3 is 0 Å². The zero-order valence-electron chi connectivity index (χ0n) is 13.7. The van der Waals surface area contributed by atoms with Crippen LogP contribution in [0.15, 0.2) is 30.5 Å². The first-order valence-corrected chi connectivity index (χ1v) is 8.08. The Morgan fingerprint density at radius 3 is 2.86 bits per heavy atom. The van der Waals surface area contributed by atoms with Gasteiger partial charge in [0.15, 0.2) is 0 Å². The molecule has 3 rings (SSSR count). The molecule has 1 aliphatic carbocycles. The summed E-state index contributed by atoms with van der Waals surface area (Å²) in [6.45, 7) is 2.90. The fraction of sp³-hybridized carbons (Fsp3) is 0.500. The SMILES string of the molecule is C[C@@H](CNC(=O)Cc1cn(C)c2ccccc12)N(C)C1CC1. The summed E-state index contributed by atoms with van der Waals surface area (Å²) in [7, 11) is 4.18. The molecule has 1 amide bonds. The monoisotopic (exact) mass is 299 g/mol. The lowest BCUT2D eigenvalue weighted by molar-refractivity contribution is -0.120. The molecule has 0 spiro atoms. The fourth-order valence-corrected chi connectivity index (χ4v) is 3.05. The van der Waals surface area contributed by atoms with Gasteiger partial charge in [-0.2, -0.15) is 0 Å². The van der Waals surface area contributed by atoms with Crippen molar-refractivity contribution in [2.24, 2.45) is 7.05 Å². The Morgan fingerprint density at radius 2 is 2.14 bits per heavy atom. The number of hydrogen-bond acceptors (Lipinski definition) is 2. The van der Waals surface area contributed by atoms with Gasteiger partial charge in [-0.15, -0.1) is 0 Å². The maximum atomic E-state index is 12.2. The minimum absolute atomic E-state index is 0.104. The first-order valence-electron chi connectivity index (χ1n) is 8.08. The lowest BCUT2D eigenvalue weighted by Crippen LogP contribution is -2.41. The van der Waals surface area contributed by atoms with Gasteiger partial charge in [-0.25, -0.2) is 0 Å². The number of para-hydroxylation sites is 1. The minimum Gasteiger partial charge on any atom is -0.354 e. The second-order valence-electron chi connectivity index (χ2n) is 6.51. The summed E-state index contributed by atoms with van der Waals surface area (Å²) in [4.78, 5) is 14.6. The van der Waals surface area contributed by atoms with E-state index in [9.17, 15) is 4.79 Å². The van der Waals surface area contributed by atoms with Gasteiger partial charge in [0.05, 0.1) is 6.42 Å². The van der Waals surface area contributed by atoms with E-state index in [1.807, 2.05) is 19.2 Å². The van der Waals surface area contributed by atoms with E-state index >= 15 is 0 Å². The molecule has 1 aromatic carbocycles. The summed E-state index contributed by atoms with van der Waals surface area (Å²) in [5.41, 5.74) is 2.27. The van der Waals surface area contributed by atoms with Gasteiger partial charge in [0.25, 0.3) is 0 Å². The summed E-state index contributed by atoms with van der Waals surface area (Å²) < 4.78 is 2.08. The molecule has 1 aliphatic rings. The van der Waals surface area contributed by atoms with Crippen molar-refractivity contribution in [3.63, 3.8) is 0 Å². The van der Waals surface area contributed by atoms with Crippen LogP contribution in [0, 0.1) is 0 Å². The van der Waals surface area contributed by atoms with E-state index in [1.165, 1.54) is 23.7 Å². The number of fused-ring (bicyclic) bond motifs is 1. The number of carbonyl (C=O) groups excluding carboxylic acids is 1. The average molecular weight is 299 g/mol. The third-order valence-electron chi connectivity index (χ3n) is 4.74. The maximum absolute atomic E-state index is 12.2. The molecule has 0 unspecified atom stereocenters. The zero-order chi connectivity index (χ0) is 15.7. The summed E-state index contributed by atoms with van der Waals surface area (Å²) in [5, 5.41) is 4.25. The Morgan fingerprint density at radius 1 is 1.41 bits per heavy atom. The van der Waals surface area contributed by atoms with Gasteiger partial charge < -0.3 is 9.88 Å². The van der Waals surface area contributed by atoms with Crippen molar-refractivity contribution < 1.29 is 4.79 Å². The first kappa shape index (κ1) is 15.1. The number of carbonyl (C=O) groups is 1. The van der Waals surface area contributed by atoms with Crippen LogP contribution < -0.4 is 5.32 Å². The van der Waals surface area contributed by atoms with Crippen molar-refractivity contribution in [2.75, 3.05) is 13.6 Å². The molecule has 0 aliphatic heterocycles. The normalized spacial score (nSPS) is 16.2. The number of aryl methyl sites for hydroxylation is 1. The molecule has 1 N–H and O–H groups in total. The zero-order valence-corrected chi connectivity index (χ0v) is 13.7. The Hall–Kier alpha value is -1.81. The van der Waals surface area contributed by atoms with Gasteiger partial charge in [-0.05, 0) is 38.4 Å². The number of hydrogen-bond donors (Lipinski definition) is 1. The van der Waals surface area contributed by atoms with Crippen LogP contribution in [0.5, 0.6) is 0 Å². The van der Waals surface area contributed by atoms with Crippen molar-refractivity contribution in [1.82, 2.24) is 14.8 Å². The second kappa shape index (κ2) is 6.13. The van der Waals surface area contributed by atoms with Crippen molar-refractivity contribution in [2.45, 2.75) is 38.3 Å². The van der Waals surface area contributed by atoms with E-state index in [0.29, 0.717) is 12.5 Å². The van der Waals surface area contributed by atoms with Crippen LogP contribution in [-0.4, -0.2) is 41.1 Å². The number of nitrogens with one attached hydrogen (secondary N) is 1. The topological polar surface area (TPSA) is 37.3 Å². The van der Waals surface area contributed by atoms with Crippen molar-refractivity contribution in [1.29, 1.82) is 0 Å². The molecule has 4 nitrogen and oxygen atoms in total. The van der Waals surface area contributed by atoms with Crippen molar-refractivity contribution in [3.8, 4) is 0 Å².